The van der Waals surface area contributed by atoms with E-state index in [9.17, 15) is 9.59 Å². The second-order valence-corrected chi connectivity index (χ2v) is 3.58. The van der Waals surface area contributed by atoms with E-state index < -0.39 is 5.97 Å². The Balaban J connectivity index is 2.68. The van der Waals surface area contributed by atoms with Crippen LogP contribution in [0, 0.1) is 0 Å². The molecule has 6 heteroatoms. The number of amides is 1. The first-order valence-corrected chi connectivity index (χ1v) is 5.06. The highest BCUT2D eigenvalue weighted by atomic mass is 16.4. The van der Waals surface area contributed by atoms with Crippen LogP contribution in [0.1, 0.15) is 29.5 Å². The minimum atomic E-state index is -1.04. The molecule has 1 aromatic heterocycles. The number of H-pyrrole nitrogens is 1. The molecule has 0 fully saturated rings. The lowest BCUT2D eigenvalue weighted by molar-refractivity contribution is -0.137. The third-order valence-corrected chi connectivity index (χ3v) is 2.09. The molecule has 16 heavy (non-hydrogen) atoms. The molecule has 6 nitrogen and oxygen atoms in total. The number of aromatic nitrogens is 2. The molecule has 0 aliphatic carbocycles. The van der Waals surface area contributed by atoms with Crippen LogP contribution in [0.2, 0.25) is 0 Å². The second kappa shape index (κ2) is 5.29. The van der Waals surface area contributed by atoms with Crippen LogP contribution in [-0.2, 0) is 11.2 Å². The van der Waals surface area contributed by atoms with Crippen molar-refractivity contribution in [3.63, 3.8) is 0 Å². The number of nitrogens with zero attached hydrogens (tertiary/aromatic N) is 2. The number of aryl methyl sites for hydroxylation is 1. The highest BCUT2D eigenvalue weighted by molar-refractivity contribution is 5.93. The highest BCUT2D eigenvalue weighted by Crippen LogP contribution is 2.05. The Kier molecular flexibility index (Phi) is 4.04. The fourth-order valence-corrected chi connectivity index (χ4v) is 1.34. The summed E-state index contributed by atoms with van der Waals surface area (Å²) in [6, 6.07) is 1.66. The summed E-state index contributed by atoms with van der Waals surface area (Å²) < 4.78 is 0. The van der Waals surface area contributed by atoms with Gasteiger partial charge >= 0.3 is 5.97 Å². The predicted molar refractivity (Wildman–Crippen MR) is 57.2 cm³/mol. The minimum absolute atomic E-state index is 0.257. The molecule has 88 valence electrons. The Labute approximate surface area is 93.3 Å². The van der Waals surface area contributed by atoms with Gasteiger partial charge in [-0.15, -0.1) is 0 Å². The molecule has 1 rings (SSSR count). The predicted octanol–water partition coefficient (Wildman–Crippen LogP) is 0.519. The Morgan fingerprint density at radius 2 is 2.25 bits per heavy atom. The molecule has 0 aromatic carbocycles. The maximum Gasteiger partial charge on any atom is 0.323 e. The maximum atomic E-state index is 11.7. The van der Waals surface area contributed by atoms with Gasteiger partial charge in [-0.05, 0) is 12.5 Å². The van der Waals surface area contributed by atoms with E-state index in [1.807, 2.05) is 6.92 Å². The van der Waals surface area contributed by atoms with Gasteiger partial charge in [0, 0.05) is 12.7 Å². The molecule has 1 amide bonds. The first kappa shape index (κ1) is 12.2. The van der Waals surface area contributed by atoms with E-state index in [0.717, 1.165) is 23.4 Å². The number of aliphatic carboxylic acids is 1. The monoisotopic (exact) mass is 225 g/mol. The third kappa shape index (κ3) is 3.08. The van der Waals surface area contributed by atoms with Crippen molar-refractivity contribution in [3.05, 3.63) is 17.5 Å². The molecule has 1 aromatic rings. The van der Waals surface area contributed by atoms with Gasteiger partial charge in [-0.2, -0.15) is 5.10 Å². The SMILES string of the molecule is CCCc1cc(C(=O)N(C)CC(=O)O)n[nH]1. The van der Waals surface area contributed by atoms with Gasteiger partial charge in [0.2, 0.25) is 0 Å². The van der Waals surface area contributed by atoms with Crippen LogP contribution >= 0.6 is 0 Å². The number of carbonyl (C=O) groups is 2. The molecular formula is C10H15N3O3. The van der Waals surface area contributed by atoms with Crippen molar-refractivity contribution < 1.29 is 14.7 Å². The second-order valence-electron chi connectivity index (χ2n) is 3.58. The molecular weight excluding hydrogens is 210 g/mol. The van der Waals surface area contributed by atoms with Crippen LogP contribution in [0.15, 0.2) is 6.07 Å². The smallest absolute Gasteiger partial charge is 0.323 e. The Hall–Kier alpha value is -1.85. The Morgan fingerprint density at radius 3 is 2.81 bits per heavy atom. The fourth-order valence-electron chi connectivity index (χ4n) is 1.34. The Morgan fingerprint density at radius 1 is 1.56 bits per heavy atom. The number of hydrogen-bond acceptors (Lipinski definition) is 3. The summed E-state index contributed by atoms with van der Waals surface area (Å²) in [7, 11) is 1.44. The van der Waals surface area contributed by atoms with E-state index in [0.29, 0.717) is 0 Å². The molecule has 0 bridgehead atoms. The normalized spacial score (nSPS) is 10.1. The minimum Gasteiger partial charge on any atom is -0.480 e. The van der Waals surface area contributed by atoms with Crippen LogP contribution < -0.4 is 0 Å². The van der Waals surface area contributed by atoms with E-state index in [1.54, 1.807) is 6.07 Å². The van der Waals surface area contributed by atoms with E-state index in [-0.39, 0.29) is 18.1 Å². The van der Waals surface area contributed by atoms with E-state index in [1.165, 1.54) is 7.05 Å². The van der Waals surface area contributed by atoms with Gasteiger partial charge in [-0.3, -0.25) is 14.7 Å². The van der Waals surface area contributed by atoms with Crippen LogP contribution in [0.5, 0.6) is 0 Å². The summed E-state index contributed by atoms with van der Waals surface area (Å²) in [4.78, 5) is 23.2. The van der Waals surface area contributed by atoms with Crippen molar-refractivity contribution in [2.75, 3.05) is 13.6 Å². The van der Waals surface area contributed by atoms with Crippen molar-refractivity contribution in [1.82, 2.24) is 15.1 Å². The molecule has 0 saturated heterocycles. The number of aromatic amines is 1. The quantitative estimate of drug-likeness (QED) is 0.764. The van der Waals surface area contributed by atoms with Crippen molar-refractivity contribution >= 4 is 11.9 Å². The van der Waals surface area contributed by atoms with E-state index in [4.69, 9.17) is 5.11 Å². The Bertz CT molecular complexity index is 386. The standard InChI is InChI=1S/C10H15N3O3/c1-3-4-7-5-8(12-11-7)10(16)13(2)6-9(14)15/h5H,3-4,6H2,1-2H3,(H,11,12)(H,14,15). The number of carboxylic acid groups (broad SMARTS) is 1. The summed E-state index contributed by atoms with van der Waals surface area (Å²) in [6.45, 7) is 1.70. The van der Waals surface area contributed by atoms with Gasteiger partial charge < -0.3 is 10.0 Å². The lowest BCUT2D eigenvalue weighted by atomic mass is 10.2. The fraction of sp³-hybridized carbons (Fsp3) is 0.500. The summed E-state index contributed by atoms with van der Waals surface area (Å²) in [5, 5.41) is 15.2. The number of carbonyl (C=O) groups excluding carboxylic acids is 1. The first-order valence-electron chi connectivity index (χ1n) is 5.06. The van der Waals surface area contributed by atoms with E-state index >= 15 is 0 Å². The summed E-state index contributed by atoms with van der Waals surface area (Å²) >= 11 is 0. The zero-order valence-corrected chi connectivity index (χ0v) is 9.36. The first-order chi connectivity index (χ1) is 7.54. The van der Waals surface area contributed by atoms with Gasteiger partial charge in [0.1, 0.15) is 12.2 Å². The van der Waals surface area contributed by atoms with Crippen molar-refractivity contribution in [3.8, 4) is 0 Å². The topological polar surface area (TPSA) is 86.3 Å². The molecule has 0 aliphatic heterocycles. The molecule has 0 saturated carbocycles. The van der Waals surface area contributed by atoms with Crippen LogP contribution in [-0.4, -0.2) is 45.7 Å². The summed E-state index contributed by atoms with van der Waals surface area (Å²) in [6.07, 6.45) is 1.78. The van der Waals surface area contributed by atoms with Crippen LogP contribution in [0.4, 0.5) is 0 Å². The lowest BCUT2D eigenvalue weighted by Gasteiger charge is -2.11. The molecule has 0 spiro atoms. The molecule has 0 atom stereocenters. The van der Waals surface area contributed by atoms with Gasteiger partial charge in [-0.1, -0.05) is 13.3 Å². The number of hydrogen-bond donors (Lipinski definition) is 2. The number of rotatable bonds is 5. The average molecular weight is 225 g/mol. The van der Waals surface area contributed by atoms with Gasteiger partial charge in [-0.25, -0.2) is 0 Å². The zero-order valence-electron chi connectivity index (χ0n) is 9.36. The molecule has 0 unspecified atom stereocenters. The maximum absolute atomic E-state index is 11.7. The lowest BCUT2D eigenvalue weighted by Crippen LogP contribution is -2.32. The molecule has 1 heterocycles. The number of carboxylic acids is 1. The summed E-state index contributed by atoms with van der Waals surface area (Å²) in [5.74, 6) is -1.43. The van der Waals surface area contributed by atoms with E-state index in [2.05, 4.69) is 10.2 Å². The zero-order chi connectivity index (χ0) is 12.1. The average Bonchev–Trinajstić information content (AvgIpc) is 2.64. The molecule has 0 aliphatic rings. The van der Waals surface area contributed by atoms with Gasteiger partial charge in [0.25, 0.3) is 5.91 Å². The van der Waals surface area contributed by atoms with Crippen LogP contribution in [0.25, 0.3) is 0 Å². The van der Waals surface area contributed by atoms with Gasteiger partial charge in [0.15, 0.2) is 0 Å². The highest BCUT2D eigenvalue weighted by Gasteiger charge is 2.16. The van der Waals surface area contributed by atoms with Gasteiger partial charge in [0.05, 0.1) is 0 Å². The molecule has 0 radical (unpaired) electrons. The molecule has 2 N–H and O–H groups in total. The van der Waals surface area contributed by atoms with Crippen molar-refractivity contribution in [2.45, 2.75) is 19.8 Å². The van der Waals surface area contributed by atoms with Crippen molar-refractivity contribution in [2.24, 2.45) is 0 Å². The number of nitrogens with one attached hydrogen (secondary N) is 1. The largest absolute Gasteiger partial charge is 0.480 e. The third-order valence-electron chi connectivity index (χ3n) is 2.09. The number of likely N-dealkylation sites (N-methyl/N-ethyl adjacent to an activating group) is 1. The summed E-state index contributed by atoms with van der Waals surface area (Å²) in [5.41, 5.74) is 1.14. The van der Waals surface area contributed by atoms with Crippen molar-refractivity contribution in [1.29, 1.82) is 0 Å². The van der Waals surface area contributed by atoms with Crippen LogP contribution in [0.3, 0.4) is 0 Å².